The van der Waals surface area contributed by atoms with Crippen LogP contribution in [0.4, 0.5) is 5.82 Å². The van der Waals surface area contributed by atoms with Crippen molar-refractivity contribution >= 4 is 38.6 Å². The summed E-state index contributed by atoms with van der Waals surface area (Å²) >= 11 is 3.72. The first kappa shape index (κ1) is 29.0. The van der Waals surface area contributed by atoms with E-state index in [1.54, 1.807) is 0 Å². The molecule has 0 radical (unpaired) electrons. The highest BCUT2D eigenvalue weighted by Gasteiger charge is 2.36. The number of likely N-dealkylation sites (tertiary alicyclic amines) is 1. The zero-order valence-electron chi connectivity index (χ0n) is 24.4. The number of halogens is 1. The number of benzene rings is 1. The summed E-state index contributed by atoms with van der Waals surface area (Å²) in [6.07, 6.45) is 5.17. The van der Waals surface area contributed by atoms with Gasteiger partial charge in [0.25, 0.3) is 5.91 Å². The van der Waals surface area contributed by atoms with Crippen molar-refractivity contribution in [2.24, 2.45) is 0 Å². The number of piperazine rings is 1. The van der Waals surface area contributed by atoms with Crippen molar-refractivity contribution in [2.45, 2.75) is 44.7 Å². The quantitative estimate of drug-likeness (QED) is 0.420. The maximum atomic E-state index is 13.8. The van der Waals surface area contributed by atoms with E-state index in [-0.39, 0.29) is 18.4 Å². The summed E-state index contributed by atoms with van der Waals surface area (Å²) < 4.78 is 18.8. The number of fused-ring (bicyclic) bond motifs is 3. The van der Waals surface area contributed by atoms with Crippen molar-refractivity contribution in [1.29, 1.82) is 5.26 Å². The molecule has 3 saturated heterocycles. The van der Waals surface area contributed by atoms with E-state index in [0.717, 1.165) is 58.3 Å². The zero-order chi connectivity index (χ0) is 29.2. The van der Waals surface area contributed by atoms with Crippen LogP contribution < -0.4 is 14.4 Å². The molecule has 0 saturated carbocycles. The standard InChI is InChI=1S/C30H38BrN7O4/c1-3-25(36-12-15-40-16-13-36)29(39)38-11-10-37(18-20(38)6-8-32)28-26-24(17-23(31)22-7-14-41-27(22)26)33-30(34-28)42-19-21-5-4-9-35(21)2/h3,17,20-21H,4-7,9-16,18-19H2,1-2H3/b25-3+. The van der Waals surface area contributed by atoms with Gasteiger partial charge in [-0.2, -0.15) is 15.2 Å². The molecule has 6 rings (SSSR count). The minimum Gasteiger partial charge on any atom is -0.492 e. The lowest BCUT2D eigenvalue weighted by Crippen LogP contribution is -2.57. The van der Waals surface area contributed by atoms with Crippen LogP contribution in [0.1, 0.15) is 31.7 Å². The molecule has 224 valence electrons. The van der Waals surface area contributed by atoms with Crippen LogP contribution in [0.2, 0.25) is 0 Å². The minimum absolute atomic E-state index is 0.0373. The van der Waals surface area contributed by atoms with Gasteiger partial charge < -0.3 is 33.8 Å². The maximum absolute atomic E-state index is 13.8. The molecule has 4 aliphatic heterocycles. The molecule has 1 amide bonds. The number of anilines is 1. The number of ether oxygens (including phenoxy) is 3. The molecule has 2 unspecified atom stereocenters. The number of aromatic nitrogens is 2. The van der Waals surface area contributed by atoms with Crippen LogP contribution in [0.3, 0.4) is 0 Å². The summed E-state index contributed by atoms with van der Waals surface area (Å²) in [6, 6.07) is 4.72. The Bertz CT molecular complexity index is 1410. The van der Waals surface area contributed by atoms with Gasteiger partial charge in [0.2, 0.25) is 0 Å². The first-order valence-electron chi connectivity index (χ1n) is 14.9. The molecule has 5 heterocycles. The molecule has 1 aromatic heterocycles. The highest BCUT2D eigenvalue weighted by atomic mass is 79.9. The number of hydrogen-bond donors (Lipinski definition) is 0. The van der Waals surface area contributed by atoms with Crippen molar-refractivity contribution in [1.82, 2.24) is 24.7 Å². The van der Waals surface area contributed by atoms with Gasteiger partial charge in [-0.3, -0.25) is 4.79 Å². The number of amides is 1. The molecule has 12 heteroatoms. The van der Waals surface area contributed by atoms with Crippen LogP contribution in [0, 0.1) is 11.3 Å². The molecule has 2 atom stereocenters. The number of allylic oxidation sites excluding steroid dienone is 1. The second-order valence-corrected chi connectivity index (χ2v) is 12.2. The minimum atomic E-state index is -0.293. The molecule has 1 aromatic carbocycles. The summed E-state index contributed by atoms with van der Waals surface area (Å²) in [5, 5.41) is 10.6. The maximum Gasteiger partial charge on any atom is 0.319 e. The topological polar surface area (TPSA) is 107 Å². The molecule has 0 N–H and O–H groups in total. The number of carbonyl (C=O) groups is 1. The zero-order valence-corrected chi connectivity index (χ0v) is 25.9. The fourth-order valence-electron chi connectivity index (χ4n) is 6.52. The Kier molecular flexibility index (Phi) is 8.70. The summed E-state index contributed by atoms with van der Waals surface area (Å²) in [5.74, 6) is 1.50. The van der Waals surface area contributed by atoms with Crippen LogP contribution in [-0.4, -0.2) is 115 Å². The lowest BCUT2D eigenvalue weighted by atomic mass is 10.1. The smallest absolute Gasteiger partial charge is 0.319 e. The highest BCUT2D eigenvalue weighted by molar-refractivity contribution is 9.10. The van der Waals surface area contributed by atoms with Crippen molar-refractivity contribution < 1.29 is 19.0 Å². The van der Waals surface area contributed by atoms with Crippen molar-refractivity contribution in [3.63, 3.8) is 0 Å². The third-order valence-corrected chi connectivity index (χ3v) is 9.55. The molecule has 2 aromatic rings. The SMILES string of the molecule is C/C=C(\C(=O)N1CCN(c2nc(OCC3CCCN3C)nc3cc(Br)c4c(c23)OCC4)CC1CC#N)N1CCOCC1. The predicted molar refractivity (Wildman–Crippen MR) is 162 cm³/mol. The van der Waals surface area contributed by atoms with E-state index >= 15 is 0 Å². The van der Waals surface area contributed by atoms with Gasteiger partial charge in [0.1, 0.15) is 18.2 Å². The molecular weight excluding hydrogens is 602 g/mol. The fourth-order valence-corrected chi connectivity index (χ4v) is 7.12. The molecule has 4 aliphatic rings. The number of hydrogen-bond acceptors (Lipinski definition) is 10. The van der Waals surface area contributed by atoms with E-state index in [2.05, 4.69) is 43.7 Å². The first-order valence-corrected chi connectivity index (χ1v) is 15.7. The van der Waals surface area contributed by atoms with Gasteiger partial charge in [-0.25, -0.2) is 0 Å². The van der Waals surface area contributed by atoms with Gasteiger partial charge in [-0.15, -0.1) is 0 Å². The second kappa shape index (κ2) is 12.6. The monoisotopic (exact) mass is 639 g/mol. The van der Waals surface area contributed by atoms with E-state index in [1.165, 1.54) is 0 Å². The molecule has 3 fully saturated rings. The highest BCUT2D eigenvalue weighted by Crippen LogP contribution is 2.43. The second-order valence-electron chi connectivity index (χ2n) is 11.3. The van der Waals surface area contributed by atoms with Crippen LogP contribution in [0.25, 0.3) is 10.9 Å². The van der Waals surface area contributed by atoms with Crippen molar-refractivity contribution in [2.75, 3.05) is 77.6 Å². The first-order chi connectivity index (χ1) is 20.5. The number of nitriles is 1. The Morgan fingerprint density at radius 1 is 1.19 bits per heavy atom. The van der Waals surface area contributed by atoms with Crippen LogP contribution >= 0.6 is 15.9 Å². The van der Waals surface area contributed by atoms with E-state index < -0.39 is 0 Å². The number of carbonyl (C=O) groups excluding carboxylic acids is 1. The van der Waals surface area contributed by atoms with E-state index in [1.807, 2.05) is 24.0 Å². The Morgan fingerprint density at radius 2 is 2.02 bits per heavy atom. The molecule has 0 aliphatic carbocycles. The number of rotatable bonds is 7. The van der Waals surface area contributed by atoms with Crippen molar-refractivity contribution in [3.8, 4) is 17.8 Å². The molecule has 0 bridgehead atoms. The average Bonchev–Trinajstić information content (AvgIpc) is 3.66. The predicted octanol–water partition coefficient (Wildman–Crippen LogP) is 2.97. The van der Waals surface area contributed by atoms with Crippen LogP contribution in [-0.2, 0) is 16.0 Å². The summed E-state index contributed by atoms with van der Waals surface area (Å²) in [5.41, 5.74) is 2.53. The van der Waals surface area contributed by atoms with Gasteiger partial charge in [0, 0.05) is 55.2 Å². The summed E-state index contributed by atoms with van der Waals surface area (Å²) in [7, 11) is 2.12. The summed E-state index contributed by atoms with van der Waals surface area (Å²) in [4.78, 5) is 32.0. The molecular formula is C30H38BrN7O4. The number of likely N-dealkylation sites (N-methyl/N-ethyl adjacent to an activating group) is 1. The third-order valence-electron chi connectivity index (χ3n) is 8.84. The Balaban J connectivity index is 1.31. The van der Waals surface area contributed by atoms with Gasteiger partial charge in [0.15, 0.2) is 0 Å². The Hall–Kier alpha value is -3.14. The van der Waals surface area contributed by atoms with E-state index in [4.69, 9.17) is 24.2 Å². The van der Waals surface area contributed by atoms with Crippen molar-refractivity contribution in [3.05, 3.63) is 27.9 Å². The molecule has 42 heavy (non-hydrogen) atoms. The van der Waals surface area contributed by atoms with Gasteiger partial charge in [-0.1, -0.05) is 22.0 Å². The lowest BCUT2D eigenvalue weighted by Gasteiger charge is -2.43. The summed E-state index contributed by atoms with van der Waals surface area (Å²) in [6.45, 7) is 8.17. The third kappa shape index (κ3) is 5.62. The average molecular weight is 641 g/mol. The molecule has 0 spiro atoms. The van der Waals surface area contributed by atoms with Gasteiger partial charge >= 0.3 is 6.01 Å². The fraction of sp³-hybridized carbons (Fsp3) is 0.600. The number of morpholine rings is 1. The Labute approximate surface area is 255 Å². The van der Waals surface area contributed by atoms with E-state index in [9.17, 15) is 10.1 Å². The Morgan fingerprint density at radius 3 is 2.76 bits per heavy atom. The molecule has 11 nitrogen and oxygen atoms in total. The lowest BCUT2D eigenvalue weighted by molar-refractivity contribution is -0.132. The van der Waals surface area contributed by atoms with Crippen LogP contribution in [0.5, 0.6) is 11.8 Å². The normalized spacial score (nSPS) is 23.2. The largest absolute Gasteiger partial charge is 0.492 e. The van der Waals surface area contributed by atoms with Gasteiger partial charge in [0.05, 0.1) is 55.0 Å². The van der Waals surface area contributed by atoms with E-state index in [0.29, 0.717) is 76.9 Å². The van der Waals surface area contributed by atoms with Crippen LogP contribution in [0.15, 0.2) is 22.3 Å². The number of nitrogens with zero attached hydrogens (tertiary/aromatic N) is 7. The van der Waals surface area contributed by atoms with Gasteiger partial charge in [-0.05, 0) is 39.4 Å².